The standard InChI is InChI=1S/C22H26N2O4/c1-22(2,3)24-21(27)23-19(25)15-28-20(26)14-18(16-10-6-4-7-11-16)17-12-8-5-9-13-17/h4-13,18H,14-15H2,1-3H3,(H2,23,24,25,27). The Morgan fingerprint density at radius 1 is 0.893 bits per heavy atom. The molecule has 0 saturated heterocycles. The number of carbonyl (C=O) groups is 3. The monoisotopic (exact) mass is 382 g/mol. The van der Waals surface area contributed by atoms with Crippen molar-refractivity contribution < 1.29 is 19.1 Å². The third-order valence-electron chi connectivity index (χ3n) is 3.88. The Balaban J connectivity index is 1.94. The van der Waals surface area contributed by atoms with E-state index in [4.69, 9.17) is 4.74 Å². The van der Waals surface area contributed by atoms with E-state index in [1.165, 1.54) is 0 Å². The minimum atomic E-state index is -0.675. The van der Waals surface area contributed by atoms with E-state index in [2.05, 4.69) is 10.6 Å². The molecule has 0 spiro atoms. The zero-order valence-electron chi connectivity index (χ0n) is 16.4. The number of imide groups is 1. The van der Waals surface area contributed by atoms with E-state index < -0.39 is 30.1 Å². The molecule has 0 aliphatic heterocycles. The van der Waals surface area contributed by atoms with Gasteiger partial charge in [0.05, 0.1) is 6.42 Å². The summed E-state index contributed by atoms with van der Waals surface area (Å²) in [5.74, 6) is -1.36. The van der Waals surface area contributed by atoms with Crippen LogP contribution < -0.4 is 10.6 Å². The summed E-state index contributed by atoms with van der Waals surface area (Å²) in [6.45, 7) is 4.88. The highest BCUT2D eigenvalue weighted by Crippen LogP contribution is 2.28. The predicted molar refractivity (Wildman–Crippen MR) is 107 cm³/mol. The maximum Gasteiger partial charge on any atom is 0.321 e. The zero-order valence-corrected chi connectivity index (χ0v) is 16.4. The number of ether oxygens (including phenoxy) is 1. The maximum absolute atomic E-state index is 12.3. The second-order valence-electron chi connectivity index (χ2n) is 7.49. The van der Waals surface area contributed by atoms with Crippen molar-refractivity contribution >= 4 is 17.9 Å². The van der Waals surface area contributed by atoms with Crippen molar-refractivity contribution in [2.24, 2.45) is 0 Å². The summed E-state index contributed by atoms with van der Waals surface area (Å²) in [4.78, 5) is 35.8. The molecule has 0 aliphatic rings. The zero-order chi connectivity index (χ0) is 20.6. The quantitative estimate of drug-likeness (QED) is 0.750. The fourth-order valence-corrected chi connectivity index (χ4v) is 2.71. The molecule has 2 rings (SSSR count). The number of amides is 3. The Kier molecular flexibility index (Phi) is 7.32. The van der Waals surface area contributed by atoms with Gasteiger partial charge in [-0.15, -0.1) is 0 Å². The van der Waals surface area contributed by atoms with Crippen molar-refractivity contribution in [3.05, 3.63) is 71.8 Å². The Morgan fingerprint density at radius 2 is 1.39 bits per heavy atom. The number of urea groups is 1. The van der Waals surface area contributed by atoms with Gasteiger partial charge >= 0.3 is 12.0 Å². The predicted octanol–water partition coefficient (Wildman–Crippen LogP) is 3.38. The van der Waals surface area contributed by atoms with Gasteiger partial charge in [-0.2, -0.15) is 0 Å². The Morgan fingerprint density at radius 3 is 1.86 bits per heavy atom. The third-order valence-corrected chi connectivity index (χ3v) is 3.88. The van der Waals surface area contributed by atoms with Crippen LogP contribution in [-0.4, -0.2) is 30.1 Å². The molecule has 3 amide bonds. The van der Waals surface area contributed by atoms with Crippen molar-refractivity contribution in [3.63, 3.8) is 0 Å². The molecule has 0 heterocycles. The Hall–Kier alpha value is -3.15. The van der Waals surface area contributed by atoms with E-state index in [1.807, 2.05) is 60.7 Å². The van der Waals surface area contributed by atoms with Crippen LogP contribution in [0, 0.1) is 0 Å². The molecule has 0 bridgehead atoms. The van der Waals surface area contributed by atoms with Crippen molar-refractivity contribution in [2.75, 3.05) is 6.61 Å². The average Bonchev–Trinajstić information content (AvgIpc) is 2.64. The van der Waals surface area contributed by atoms with E-state index in [1.54, 1.807) is 20.8 Å². The normalized spacial score (nSPS) is 11.0. The fraction of sp³-hybridized carbons (Fsp3) is 0.318. The largest absolute Gasteiger partial charge is 0.456 e. The van der Waals surface area contributed by atoms with E-state index in [0.717, 1.165) is 11.1 Å². The number of carbonyl (C=O) groups excluding carboxylic acids is 3. The van der Waals surface area contributed by atoms with E-state index in [0.29, 0.717) is 0 Å². The molecule has 0 aromatic heterocycles. The summed E-state index contributed by atoms with van der Waals surface area (Å²) in [6, 6.07) is 18.7. The minimum absolute atomic E-state index is 0.0928. The molecule has 0 aliphatic carbocycles. The lowest BCUT2D eigenvalue weighted by Crippen LogP contribution is -2.49. The molecule has 2 aromatic rings. The number of rotatable bonds is 6. The van der Waals surface area contributed by atoms with Crippen LogP contribution in [0.2, 0.25) is 0 Å². The summed E-state index contributed by atoms with van der Waals surface area (Å²) in [6.07, 6.45) is 0.0928. The summed E-state index contributed by atoms with van der Waals surface area (Å²) < 4.78 is 5.08. The average molecular weight is 382 g/mol. The van der Waals surface area contributed by atoms with Gasteiger partial charge in [0.15, 0.2) is 6.61 Å². The first-order chi connectivity index (χ1) is 13.2. The smallest absolute Gasteiger partial charge is 0.321 e. The molecule has 6 nitrogen and oxygen atoms in total. The van der Waals surface area contributed by atoms with Gasteiger partial charge in [0, 0.05) is 11.5 Å². The lowest BCUT2D eigenvalue weighted by Gasteiger charge is -2.20. The molecule has 2 aromatic carbocycles. The number of hydrogen-bond acceptors (Lipinski definition) is 4. The minimum Gasteiger partial charge on any atom is -0.456 e. The van der Waals surface area contributed by atoms with Gasteiger partial charge in [-0.3, -0.25) is 14.9 Å². The number of esters is 1. The van der Waals surface area contributed by atoms with Crippen molar-refractivity contribution in [2.45, 2.75) is 38.6 Å². The molecule has 6 heteroatoms. The molecule has 0 unspecified atom stereocenters. The van der Waals surface area contributed by atoms with E-state index >= 15 is 0 Å². The van der Waals surface area contributed by atoms with Crippen molar-refractivity contribution in [3.8, 4) is 0 Å². The van der Waals surface area contributed by atoms with Crippen LogP contribution in [0.25, 0.3) is 0 Å². The SMILES string of the molecule is CC(C)(C)NC(=O)NC(=O)COC(=O)CC(c1ccccc1)c1ccccc1. The molecule has 0 saturated carbocycles. The first-order valence-electron chi connectivity index (χ1n) is 9.12. The van der Waals surface area contributed by atoms with Gasteiger partial charge in [-0.25, -0.2) is 4.79 Å². The first-order valence-corrected chi connectivity index (χ1v) is 9.12. The van der Waals surface area contributed by atoms with Crippen LogP contribution in [0.1, 0.15) is 44.2 Å². The van der Waals surface area contributed by atoms with Crippen LogP contribution in [0.15, 0.2) is 60.7 Å². The maximum atomic E-state index is 12.3. The second kappa shape index (κ2) is 9.69. The molecular weight excluding hydrogens is 356 g/mol. The molecule has 28 heavy (non-hydrogen) atoms. The van der Waals surface area contributed by atoms with Crippen LogP contribution in [0.4, 0.5) is 4.79 Å². The molecule has 2 N–H and O–H groups in total. The van der Waals surface area contributed by atoms with Gasteiger partial charge in [0.25, 0.3) is 5.91 Å². The van der Waals surface area contributed by atoms with Crippen LogP contribution >= 0.6 is 0 Å². The van der Waals surface area contributed by atoms with Crippen LogP contribution in [0.5, 0.6) is 0 Å². The highest BCUT2D eigenvalue weighted by Gasteiger charge is 2.20. The van der Waals surface area contributed by atoms with E-state index in [9.17, 15) is 14.4 Å². The van der Waals surface area contributed by atoms with Crippen molar-refractivity contribution in [1.82, 2.24) is 10.6 Å². The van der Waals surface area contributed by atoms with Crippen LogP contribution in [0.3, 0.4) is 0 Å². The molecule has 148 valence electrons. The highest BCUT2D eigenvalue weighted by molar-refractivity contribution is 5.95. The topological polar surface area (TPSA) is 84.5 Å². The second-order valence-corrected chi connectivity index (χ2v) is 7.49. The first kappa shape index (κ1) is 21.2. The van der Waals surface area contributed by atoms with Gasteiger partial charge < -0.3 is 10.1 Å². The molecular formula is C22H26N2O4. The lowest BCUT2D eigenvalue weighted by atomic mass is 9.89. The summed E-state index contributed by atoms with van der Waals surface area (Å²) in [5, 5.41) is 4.74. The summed E-state index contributed by atoms with van der Waals surface area (Å²) in [5.41, 5.74) is 1.50. The molecule has 0 radical (unpaired) electrons. The highest BCUT2D eigenvalue weighted by atomic mass is 16.5. The van der Waals surface area contributed by atoms with Crippen molar-refractivity contribution in [1.29, 1.82) is 0 Å². The number of benzene rings is 2. The third kappa shape index (κ3) is 7.23. The number of hydrogen-bond donors (Lipinski definition) is 2. The van der Waals surface area contributed by atoms with Crippen LogP contribution in [-0.2, 0) is 14.3 Å². The fourth-order valence-electron chi connectivity index (χ4n) is 2.71. The Labute approximate surface area is 165 Å². The van der Waals surface area contributed by atoms with Gasteiger partial charge in [0.1, 0.15) is 0 Å². The Bertz CT molecular complexity index is 759. The summed E-state index contributed by atoms with van der Waals surface area (Å²) in [7, 11) is 0. The number of nitrogens with one attached hydrogen (secondary N) is 2. The summed E-state index contributed by atoms with van der Waals surface area (Å²) >= 11 is 0. The van der Waals surface area contributed by atoms with Gasteiger partial charge in [0.2, 0.25) is 0 Å². The lowest BCUT2D eigenvalue weighted by molar-refractivity contribution is -0.148. The van der Waals surface area contributed by atoms with E-state index in [-0.39, 0.29) is 12.3 Å². The molecule has 0 atom stereocenters. The van der Waals surface area contributed by atoms with Gasteiger partial charge in [-0.05, 0) is 31.9 Å². The molecule has 0 fully saturated rings. The van der Waals surface area contributed by atoms with Gasteiger partial charge in [-0.1, -0.05) is 60.7 Å².